The van der Waals surface area contributed by atoms with Gasteiger partial charge in [-0.05, 0) is 30.4 Å². The maximum Gasteiger partial charge on any atom is 0.191 e. The van der Waals surface area contributed by atoms with Gasteiger partial charge in [-0.3, -0.25) is 0 Å². The van der Waals surface area contributed by atoms with Crippen LogP contribution < -0.4 is 10.6 Å². The first-order valence-corrected chi connectivity index (χ1v) is 9.46. The van der Waals surface area contributed by atoms with E-state index in [1.165, 1.54) is 10.4 Å². The predicted molar refractivity (Wildman–Crippen MR) is 100 cm³/mol. The van der Waals surface area contributed by atoms with Crippen molar-refractivity contribution < 1.29 is 4.74 Å². The molecule has 2 atom stereocenters. The number of nitrogens with zero attached hydrogens (tertiary/aromatic N) is 1. The summed E-state index contributed by atoms with van der Waals surface area (Å²) in [7, 11) is 0. The Kier molecular flexibility index (Phi) is 6.26. The van der Waals surface area contributed by atoms with Gasteiger partial charge in [0.2, 0.25) is 0 Å². The average Bonchev–Trinajstić information content (AvgIpc) is 3.29. The van der Waals surface area contributed by atoms with Crippen LogP contribution in [0.5, 0.6) is 0 Å². The fourth-order valence-corrected chi connectivity index (χ4v) is 3.61. The standard InChI is InChI=1S/C19H25N3OS/c1-2-20-19(22-14-17-9-6-12-24-17)21-13-16-10-11-23-18(16)15-7-4-3-5-8-15/h3-9,12,16,18H,2,10-11,13-14H2,1H3,(H2,20,21,22). The van der Waals surface area contributed by atoms with Gasteiger partial charge in [-0.2, -0.15) is 0 Å². The summed E-state index contributed by atoms with van der Waals surface area (Å²) in [5.41, 5.74) is 1.27. The number of thiophene rings is 1. The number of hydrogen-bond donors (Lipinski definition) is 2. The number of rotatable bonds is 6. The van der Waals surface area contributed by atoms with Gasteiger partial charge in [0.15, 0.2) is 5.96 Å². The van der Waals surface area contributed by atoms with Crippen molar-refractivity contribution in [2.45, 2.75) is 26.0 Å². The molecule has 5 heteroatoms. The van der Waals surface area contributed by atoms with Crippen molar-refractivity contribution in [2.75, 3.05) is 19.7 Å². The molecule has 0 saturated carbocycles. The highest BCUT2D eigenvalue weighted by Crippen LogP contribution is 2.33. The quantitative estimate of drug-likeness (QED) is 0.622. The van der Waals surface area contributed by atoms with Crippen LogP contribution in [0.3, 0.4) is 0 Å². The third-order valence-corrected chi connectivity index (χ3v) is 5.05. The van der Waals surface area contributed by atoms with Gasteiger partial charge in [0, 0.05) is 30.5 Å². The van der Waals surface area contributed by atoms with Gasteiger partial charge in [-0.25, -0.2) is 4.99 Å². The first kappa shape index (κ1) is 17.0. The molecule has 3 rings (SSSR count). The molecule has 24 heavy (non-hydrogen) atoms. The summed E-state index contributed by atoms with van der Waals surface area (Å²) in [5.74, 6) is 1.35. The molecule has 2 aromatic rings. The zero-order valence-corrected chi connectivity index (χ0v) is 14.9. The number of ether oxygens (including phenoxy) is 1. The molecule has 2 unspecified atom stereocenters. The lowest BCUT2D eigenvalue weighted by Gasteiger charge is -2.20. The Hall–Kier alpha value is -1.85. The molecule has 1 saturated heterocycles. The maximum absolute atomic E-state index is 5.96. The van der Waals surface area contributed by atoms with Crippen molar-refractivity contribution in [3.63, 3.8) is 0 Å². The molecule has 0 amide bonds. The topological polar surface area (TPSA) is 45.7 Å². The summed E-state index contributed by atoms with van der Waals surface area (Å²) in [6, 6.07) is 14.7. The minimum atomic E-state index is 0.180. The van der Waals surface area contributed by atoms with Crippen LogP contribution in [0, 0.1) is 5.92 Å². The number of nitrogens with one attached hydrogen (secondary N) is 2. The van der Waals surface area contributed by atoms with Crippen LogP contribution in [-0.4, -0.2) is 25.7 Å². The lowest BCUT2D eigenvalue weighted by Crippen LogP contribution is -2.40. The Balaban J connectivity index is 1.58. The number of guanidine groups is 1. The van der Waals surface area contributed by atoms with Crippen LogP contribution in [0.1, 0.15) is 29.9 Å². The summed E-state index contributed by atoms with van der Waals surface area (Å²) < 4.78 is 5.96. The van der Waals surface area contributed by atoms with Crippen molar-refractivity contribution in [1.82, 2.24) is 10.6 Å². The molecule has 4 nitrogen and oxygen atoms in total. The minimum Gasteiger partial charge on any atom is -0.373 e. The van der Waals surface area contributed by atoms with Crippen molar-refractivity contribution in [1.29, 1.82) is 0 Å². The Morgan fingerprint density at radius 3 is 2.83 bits per heavy atom. The molecule has 1 aromatic heterocycles. The Morgan fingerprint density at radius 1 is 1.21 bits per heavy atom. The number of benzene rings is 1. The van der Waals surface area contributed by atoms with Gasteiger partial charge in [-0.1, -0.05) is 36.4 Å². The summed E-state index contributed by atoms with van der Waals surface area (Å²) in [5, 5.41) is 8.90. The molecular formula is C19H25N3OS. The van der Waals surface area contributed by atoms with Crippen LogP contribution in [0.4, 0.5) is 0 Å². The Morgan fingerprint density at radius 2 is 2.08 bits per heavy atom. The lowest BCUT2D eigenvalue weighted by atomic mass is 9.95. The molecule has 0 radical (unpaired) electrons. The molecular weight excluding hydrogens is 318 g/mol. The molecule has 1 aromatic carbocycles. The van der Waals surface area contributed by atoms with Crippen LogP contribution in [0.15, 0.2) is 52.8 Å². The average molecular weight is 343 g/mol. The van der Waals surface area contributed by atoms with Crippen molar-refractivity contribution in [2.24, 2.45) is 10.9 Å². The van der Waals surface area contributed by atoms with E-state index < -0.39 is 0 Å². The zero-order chi connectivity index (χ0) is 16.6. The van der Waals surface area contributed by atoms with E-state index in [9.17, 15) is 0 Å². The van der Waals surface area contributed by atoms with E-state index in [4.69, 9.17) is 4.74 Å². The van der Waals surface area contributed by atoms with E-state index in [2.05, 4.69) is 64.3 Å². The lowest BCUT2D eigenvalue weighted by molar-refractivity contribution is 0.0915. The Bertz CT molecular complexity index is 627. The van der Waals surface area contributed by atoms with Crippen LogP contribution >= 0.6 is 11.3 Å². The summed E-state index contributed by atoms with van der Waals surface area (Å²) in [6.45, 7) is 5.37. The van der Waals surface area contributed by atoms with Gasteiger partial charge < -0.3 is 15.4 Å². The SMILES string of the molecule is CCNC(=NCc1cccs1)NCC1CCOC1c1ccccc1. The molecule has 0 bridgehead atoms. The third-order valence-electron chi connectivity index (χ3n) is 4.19. The van der Waals surface area contributed by atoms with Gasteiger partial charge in [0.1, 0.15) is 0 Å². The number of aliphatic imine (C=N–C) groups is 1. The summed E-state index contributed by atoms with van der Waals surface area (Å²) in [4.78, 5) is 5.96. The molecule has 0 spiro atoms. The smallest absolute Gasteiger partial charge is 0.191 e. The van der Waals surface area contributed by atoms with Crippen LogP contribution in [-0.2, 0) is 11.3 Å². The predicted octanol–water partition coefficient (Wildman–Crippen LogP) is 3.58. The highest BCUT2D eigenvalue weighted by Gasteiger charge is 2.29. The first-order valence-electron chi connectivity index (χ1n) is 8.58. The number of hydrogen-bond acceptors (Lipinski definition) is 3. The molecule has 1 fully saturated rings. The summed E-state index contributed by atoms with van der Waals surface area (Å²) in [6.07, 6.45) is 1.26. The normalized spacial score (nSPS) is 21.0. The molecule has 128 valence electrons. The second-order valence-electron chi connectivity index (χ2n) is 5.91. The molecule has 2 heterocycles. The van der Waals surface area contributed by atoms with E-state index >= 15 is 0 Å². The fraction of sp³-hybridized carbons (Fsp3) is 0.421. The highest BCUT2D eigenvalue weighted by molar-refractivity contribution is 7.09. The van der Waals surface area contributed by atoms with Gasteiger partial charge >= 0.3 is 0 Å². The van der Waals surface area contributed by atoms with Gasteiger partial charge in [0.05, 0.1) is 12.6 Å². The monoisotopic (exact) mass is 343 g/mol. The summed E-state index contributed by atoms with van der Waals surface area (Å²) >= 11 is 1.74. The second kappa shape index (κ2) is 8.85. The molecule has 2 N–H and O–H groups in total. The largest absolute Gasteiger partial charge is 0.373 e. The van der Waals surface area contributed by atoms with E-state index in [0.717, 1.165) is 38.6 Å². The van der Waals surface area contributed by atoms with Crippen LogP contribution in [0.2, 0.25) is 0 Å². The van der Waals surface area contributed by atoms with Crippen LogP contribution in [0.25, 0.3) is 0 Å². The zero-order valence-electron chi connectivity index (χ0n) is 14.1. The minimum absolute atomic E-state index is 0.180. The van der Waals surface area contributed by atoms with E-state index in [1.807, 2.05) is 6.07 Å². The highest BCUT2D eigenvalue weighted by atomic mass is 32.1. The van der Waals surface area contributed by atoms with E-state index in [1.54, 1.807) is 11.3 Å². The molecule has 0 aliphatic carbocycles. The maximum atomic E-state index is 5.96. The van der Waals surface area contributed by atoms with Crippen molar-refractivity contribution >= 4 is 17.3 Å². The Labute approximate surface area is 148 Å². The third kappa shape index (κ3) is 4.58. The fourth-order valence-electron chi connectivity index (χ4n) is 2.98. The molecule has 1 aliphatic heterocycles. The second-order valence-corrected chi connectivity index (χ2v) is 6.94. The van der Waals surface area contributed by atoms with Gasteiger partial charge in [-0.15, -0.1) is 11.3 Å². The molecule has 1 aliphatic rings. The van der Waals surface area contributed by atoms with Gasteiger partial charge in [0.25, 0.3) is 0 Å². The van der Waals surface area contributed by atoms with Crippen molar-refractivity contribution in [3.8, 4) is 0 Å². The van der Waals surface area contributed by atoms with E-state index in [0.29, 0.717) is 5.92 Å². The van der Waals surface area contributed by atoms with E-state index in [-0.39, 0.29) is 6.10 Å². The van der Waals surface area contributed by atoms with Crippen molar-refractivity contribution in [3.05, 3.63) is 58.3 Å². The first-order chi connectivity index (χ1) is 11.9.